The Kier molecular flexibility index (Phi) is 7.11. The number of aromatic nitrogens is 2. The van der Waals surface area contributed by atoms with E-state index in [1.165, 1.54) is 5.57 Å². The van der Waals surface area contributed by atoms with Crippen LogP contribution in [0.3, 0.4) is 0 Å². The second kappa shape index (κ2) is 10.2. The Bertz CT molecular complexity index is 1230. The third kappa shape index (κ3) is 5.10. The molecule has 1 N–H and O–H groups in total. The fourth-order valence-electron chi connectivity index (χ4n) is 4.44. The molecular formula is C28H32N4O. The molecule has 0 amide bonds. The molecule has 1 aliphatic carbocycles. The number of benzene rings is 1. The number of nitrogens with one attached hydrogen (secondary N) is 1. The number of methoxy groups -OCH3 is 1. The van der Waals surface area contributed by atoms with Crippen LogP contribution in [0.1, 0.15) is 48.6 Å². The molecule has 0 saturated heterocycles. The van der Waals surface area contributed by atoms with E-state index in [4.69, 9.17) is 15.1 Å². The van der Waals surface area contributed by atoms with Gasteiger partial charge in [-0.15, -0.1) is 0 Å². The average Bonchev–Trinajstić information content (AvgIpc) is 2.84. The molecule has 0 fully saturated rings. The van der Waals surface area contributed by atoms with Crippen LogP contribution in [-0.4, -0.2) is 47.8 Å². The second-order valence-corrected chi connectivity index (χ2v) is 8.79. The molecule has 5 nitrogen and oxygen atoms in total. The minimum atomic E-state index is 0.455. The standard InChI is InChI=1S/C28H32N4O/c1-5-24(28(29)21-8-6-7-19(15-21)18-33-4)25-13-14-26-27(31-25)16-22(17-30-26)20-9-11-23(12-10-20)32(2)3/h5-9,13-17,23,29H,10-12,18H2,1-4H3/b24-5-,29-28?. The highest BCUT2D eigenvalue weighted by Gasteiger charge is 2.18. The lowest BCUT2D eigenvalue weighted by molar-refractivity contribution is 0.185. The van der Waals surface area contributed by atoms with Crippen molar-refractivity contribution in [1.82, 2.24) is 14.9 Å². The Labute approximate surface area is 196 Å². The molecule has 0 saturated carbocycles. The van der Waals surface area contributed by atoms with Gasteiger partial charge in [0.2, 0.25) is 0 Å². The van der Waals surface area contributed by atoms with Gasteiger partial charge in [0.25, 0.3) is 0 Å². The van der Waals surface area contributed by atoms with E-state index in [-0.39, 0.29) is 0 Å². The summed E-state index contributed by atoms with van der Waals surface area (Å²) < 4.78 is 5.25. The van der Waals surface area contributed by atoms with Gasteiger partial charge in [0.05, 0.1) is 29.0 Å². The van der Waals surface area contributed by atoms with Gasteiger partial charge < -0.3 is 9.64 Å². The highest BCUT2D eigenvalue weighted by molar-refractivity contribution is 6.30. The maximum absolute atomic E-state index is 8.84. The summed E-state index contributed by atoms with van der Waals surface area (Å²) in [5.41, 5.74) is 8.18. The smallest absolute Gasteiger partial charge is 0.0900 e. The molecule has 5 heteroatoms. The number of fused-ring (bicyclic) bond motifs is 1. The molecule has 1 aromatic carbocycles. The van der Waals surface area contributed by atoms with Gasteiger partial charge in [0, 0.05) is 30.5 Å². The lowest BCUT2D eigenvalue weighted by Gasteiger charge is -2.27. The summed E-state index contributed by atoms with van der Waals surface area (Å²) in [7, 11) is 5.98. The Balaban J connectivity index is 1.64. The summed E-state index contributed by atoms with van der Waals surface area (Å²) in [5, 5.41) is 8.84. The van der Waals surface area contributed by atoms with Crippen molar-refractivity contribution in [2.45, 2.75) is 38.8 Å². The molecule has 1 unspecified atom stereocenters. The van der Waals surface area contributed by atoms with Crippen LogP contribution in [0.5, 0.6) is 0 Å². The lowest BCUT2D eigenvalue weighted by atomic mass is 9.91. The van der Waals surface area contributed by atoms with Crippen LogP contribution in [0, 0.1) is 5.41 Å². The van der Waals surface area contributed by atoms with Gasteiger partial charge in [-0.1, -0.05) is 30.4 Å². The van der Waals surface area contributed by atoms with Crippen LogP contribution in [0.25, 0.3) is 22.2 Å². The first-order chi connectivity index (χ1) is 16.0. The largest absolute Gasteiger partial charge is 0.380 e. The Morgan fingerprint density at radius 2 is 2.03 bits per heavy atom. The van der Waals surface area contributed by atoms with Gasteiger partial charge in [0.15, 0.2) is 0 Å². The number of pyridine rings is 2. The zero-order valence-corrected chi connectivity index (χ0v) is 19.9. The van der Waals surface area contributed by atoms with Crippen molar-refractivity contribution < 1.29 is 4.74 Å². The van der Waals surface area contributed by atoms with E-state index in [1.54, 1.807) is 7.11 Å². The topological polar surface area (TPSA) is 62.1 Å². The Morgan fingerprint density at radius 1 is 1.18 bits per heavy atom. The monoisotopic (exact) mass is 440 g/mol. The molecule has 33 heavy (non-hydrogen) atoms. The molecule has 4 rings (SSSR count). The van der Waals surface area contributed by atoms with Crippen LogP contribution in [0.2, 0.25) is 0 Å². The molecule has 3 aromatic rings. The third-order valence-electron chi connectivity index (χ3n) is 6.38. The molecule has 0 spiro atoms. The van der Waals surface area contributed by atoms with Crippen LogP contribution < -0.4 is 0 Å². The van der Waals surface area contributed by atoms with E-state index < -0.39 is 0 Å². The quantitative estimate of drug-likeness (QED) is 0.476. The number of rotatable bonds is 7. The number of ether oxygens (including phenoxy) is 1. The van der Waals surface area contributed by atoms with Crippen molar-refractivity contribution in [3.63, 3.8) is 0 Å². The summed E-state index contributed by atoms with van der Waals surface area (Å²) in [4.78, 5) is 11.9. The Morgan fingerprint density at radius 3 is 2.73 bits per heavy atom. The third-order valence-corrected chi connectivity index (χ3v) is 6.38. The normalized spacial score (nSPS) is 16.8. The molecule has 2 aromatic heterocycles. The maximum Gasteiger partial charge on any atom is 0.0900 e. The first kappa shape index (κ1) is 23.0. The minimum Gasteiger partial charge on any atom is -0.380 e. The molecule has 170 valence electrons. The number of nitrogens with zero attached hydrogens (tertiary/aromatic N) is 3. The lowest BCUT2D eigenvalue weighted by Crippen LogP contribution is -2.28. The molecule has 0 bridgehead atoms. The predicted octanol–water partition coefficient (Wildman–Crippen LogP) is 5.75. The number of allylic oxidation sites excluding steroid dienone is 3. The minimum absolute atomic E-state index is 0.455. The van der Waals surface area contributed by atoms with E-state index in [9.17, 15) is 0 Å². The van der Waals surface area contributed by atoms with Crippen molar-refractivity contribution in [3.05, 3.63) is 83.2 Å². The van der Waals surface area contributed by atoms with Gasteiger partial charge in [0.1, 0.15) is 0 Å². The molecule has 0 radical (unpaired) electrons. The van der Waals surface area contributed by atoms with Crippen molar-refractivity contribution in [2.24, 2.45) is 0 Å². The molecule has 1 atom stereocenters. The fraction of sp³-hybridized carbons (Fsp3) is 0.321. The average molecular weight is 441 g/mol. The van der Waals surface area contributed by atoms with Crippen molar-refractivity contribution in [3.8, 4) is 0 Å². The zero-order valence-electron chi connectivity index (χ0n) is 19.9. The summed E-state index contributed by atoms with van der Waals surface area (Å²) in [6.45, 7) is 2.48. The first-order valence-electron chi connectivity index (χ1n) is 11.5. The van der Waals surface area contributed by atoms with E-state index in [0.29, 0.717) is 18.4 Å². The number of hydrogen-bond donors (Lipinski definition) is 1. The SMILES string of the molecule is C/C=C(\C(=N)c1cccc(COC)c1)c1ccc2ncc(C3=CCC(N(C)C)CC3)cc2n1. The molecule has 2 heterocycles. The summed E-state index contributed by atoms with van der Waals surface area (Å²) in [6.07, 6.45) is 9.55. The predicted molar refractivity (Wildman–Crippen MR) is 136 cm³/mol. The summed E-state index contributed by atoms with van der Waals surface area (Å²) in [6, 6.07) is 14.7. The Hall–Kier alpha value is -3.15. The first-order valence-corrected chi connectivity index (χ1v) is 11.5. The number of hydrogen-bond acceptors (Lipinski definition) is 5. The van der Waals surface area contributed by atoms with E-state index >= 15 is 0 Å². The van der Waals surface area contributed by atoms with Crippen LogP contribution in [-0.2, 0) is 11.3 Å². The van der Waals surface area contributed by atoms with Gasteiger partial charge in [-0.3, -0.25) is 10.4 Å². The zero-order chi connectivity index (χ0) is 23.4. The van der Waals surface area contributed by atoms with Gasteiger partial charge in [-0.2, -0.15) is 0 Å². The second-order valence-electron chi connectivity index (χ2n) is 8.79. The molecule has 1 aliphatic rings. The summed E-state index contributed by atoms with van der Waals surface area (Å²) in [5.74, 6) is 0. The highest BCUT2D eigenvalue weighted by atomic mass is 16.5. The molecular weight excluding hydrogens is 408 g/mol. The van der Waals surface area contributed by atoms with Crippen molar-refractivity contribution >= 4 is 27.9 Å². The van der Waals surface area contributed by atoms with E-state index in [2.05, 4.69) is 36.1 Å². The van der Waals surface area contributed by atoms with Crippen molar-refractivity contribution in [1.29, 1.82) is 5.41 Å². The summed E-state index contributed by atoms with van der Waals surface area (Å²) >= 11 is 0. The molecule has 0 aliphatic heterocycles. The maximum atomic E-state index is 8.84. The van der Waals surface area contributed by atoms with Gasteiger partial charge >= 0.3 is 0 Å². The van der Waals surface area contributed by atoms with E-state index in [0.717, 1.165) is 58.3 Å². The highest BCUT2D eigenvalue weighted by Crippen LogP contribution is 2.30. The van der Waals surface area contributed by atoms with Crippen LogP contribution >= 0.6 is 0 Å². The van der Waals surface area contributed by atoms with Gasteiger partial charge in [-0.05, 0) is 81.2 Å². The van der Waals surface area contributed by atoms with Crippen molar-refractivity contribution in [2.75, 3.05) is 21.2 Å². The van der Waals surface area contributed by atoms with E-state index in [1.807, 2.05) is 55.6 Å². The van der Waals surface area contributed by atoms with Gasteiger partial charge in [-0.25, -0.2) is 4.98 Å². The van der Waals surface area contributed by atoms with Crippen LogP contribution in [0.4, 0.5) is 0 Å². The fourth-order valence-corrected chi connectivity index (χ4v) is 4.44. The van der Waals surface area contributed by atoms with Crippen LogP contribution in [0.15, 0.2) is 60.8 Å².